The van der Waals surface area contributed by atoms with Crippen LogP contribution in [-0.2, 0) is 4.79 Å². The predicted octanol–water partition coefficient (Wildman–Crippen LogP) is 6.10. The summed E-state index contributed by atoms with van der Waals surface area (Å²) in [6.45, 7) is 0.818. The summed E-state index contributed by atoms with van der Waals surface area (Å²) in [5, 5.41) is 8.70. The van der Waals surface area contributed by atoms with Gasteiger partial charge in [0.15, 0.2) is 0 Å². The maximum absolute atomic E-state index is 10.6. The van der Waals surface area contributed by atoms with Gasteiger partial charge in [-0.1, -0.05) is 30.4 Å². The molecule has 0 spiro atoms. The highest BCUT2D eigenvalue weighted by Gasteiger charge is 2.45. The number of ether oxygens (including phenoxy) is 1. The van der Waals surface area contributed by atoms with Gasteiger partial charge in [-0.2, -0.15) is 0 Å². The van der Waals surface area contributed by atoms with Crippen LogP contribution in [0.5, 0.6) is 5.75 Å². The maximum atomic E-state index is 10.6. The molecule has 4 atom stereocenters. The minimum Gasteiger partial charge on any atom is -0.494 e. The van der Waals surface area contributed by atoms with Gasteiger partial charge in [0.25, 0.3) is 0 Å². The van der Waals surface area contributed by atoms with Crippen molar-refractivity contribution in [1.82, 2.24) is 0 Å². The normalized spacial score (nSPS) is 26.7. The van der Waals surface area contributed by atoms with Crippen LogP contribution in [0.25, 0.3) is 0 Å². The first-order chi connectivity index (χ1) is 13.2. The fourth-order valence-electron chi connectivity index (χ4n) is 5.28. The smallest absolute Gasteiger partial charge is 0.303 e. The third kappa shape index (κ3) is 6.12. The van der Waals surface area contributed by atoms with Crippen LogP contribution in [0.15, 0.2) is 42.5 Å². The van der Waals surface area contributed by atoms with Crippen LogP contribution in [0.1, 0.15) is 64.2 Å². The highest BCUT2D eigenvalue weighted by Crippen LogP contribution is 2.55. The average Bonchev–Trinajstić information content (AvgIpc) is 3.27. The summed E-state index contributed by atoms with van der Waals surface area (Å²) < 4.78 is 5.83. The van der Waals surface area contributed by atoms with Crippen LogP contribution < -0.4 is 4.74 Å². The van der Waals surface area contributed by atoms with Crippen molar-refractivity contribution >= 4 is 5.97 Å². The van der Waals surface area contributed by atoms with E-state index < -0.39 is 5.97 Å². The van der Waals surface area contributed by atoms with Crippen LogP contribution in [0.3, 0.4) is 0 Å². The number of carboxylic acid groups (broad SMARTS) is 1. The Kier molecular flexibility index (Phi) is 7.79. The molecule has 1 aromatic carbocycles. The summed E-state index contributed by atoms with van der Waals surface area (Å²) >= 11 is 0. The number of benzene rings is 1. The number of rotatable bonds is 12. The number of aliphatic carboxylic acids is 1. The summed E-state index contributed by atoms with van der Waals surface area (Å²) in [5.74, 6) is 3.93. The van der Waals surface area contributed by atoms with Crippen molar-refractivity contribution in [3.8, 4) is 5.75 Å². The van der Waals surface area contributed by atoms with Gasteiger partial charge in [0.1, 0.15) is 5.75 Å². The number of carboxylic acids is 1. The first kappa shape index (κ1) is 20.0. The van der Waals surface area contributed by atoms with Gasteiger partial charge in [0.05, 0.1) is 6.61 Å². The molecule has 1 N–H and O–H groups in total. The Labute approximate surface area is 163 Å². The first-order valence-corrected chi connectivity index (χ1v) is 10.8. The zero-order chi connectivity index (χ0) is 18.9. The molecule has 0 radical (unpaired) electrons. The monoisotopic (exact) mass is 370 g/mol. The second-order valence-electron chi connectivity index (χ2n) is 8.31. The Balaban J connectivity index is 1.35. The maximum Gasteiger partial charge on any atom is 0.303 e. The third-order valence-electron chi connectivity index (χ3n) is 6.55. The van der Waals surface area contributed by atoms with Crippen molar-refractivity contribution in [2.75, 3.05) is 6.61 Å². The summed E-state index contributed by atoms with van der Waals surface area (Å²) in [4.78, 5) is 10.6. The molecule has 2 saturated carbocycles. The van der Waals surface area contributed by atoms with E-state index in [0.29, 0.717) is 0 Å². The van der Waals surface area contributed by atoms with Crippen molar-refractivity contribution in [2.24, 2.45) is 23.7 Å². The minimum absolute atomic E-state index is 0.284. The van der Waals surface area contributed by atoms with Gasteiger partial charge in [-0.05, 0) is 93.6 Å². The summed E-state index contributed by atoms with van der Waals surface area (Å²) in [5.41, 5.74) is 0. The third-order valence-corrected chi connectivity index (χ3v) is 6.55. The topological polar surface area (TPSA) is 46.5 Å². The van der Waals surface area contributed by atoms with Crippen molar-refractivity contribution < 1.29 is 14.6 Å². The lowest BCUT2D eigenvalue weighted by Gasteiger charge is -2.30. The van der Waals surface area contributed by atoms with Crippen LogP contribution >= 0.6 is 0 Å². The number of hydrogen-bond donors (Lipinski definition) is 1. The van der Waals surface area contributed by atoms with Crippen LogP contribution in [0.2, 0.25) is 0 Å². The largest absolute Gasteiger partial charge is 0.494 e. The Morgan fingerprint density at radius 1 is 1.04 bits per heavy atom. The molecule has 0 aliphatic heterocycles. The van der Waals surface area contributed by atoms with Gasteiger partial charge in [-0.25, -0.2) is 0 Å². The lowest BCUT2D eigenvalue weighted by Crippen LogP contribution is -2.22. The second kappa shape index (κ2) is 10.5. The SMILES string of the molecule is O=C(O)CCC/C=C\C[C@H]1[C@H]2CC[C@H](C2)[C@H]1CCCCOc1ccccc1. The molecule has 3 heteroatoms. The molecule has 2 aliphatic rings. The number of fused-ring (bicyclic) bond motifs is 2. The molecular weight excluding hydrogens is 336 g/mol. The van der Waals surface area contributed by atoms with Crippen LogP contribution in [0.4, 0.5) is 0 Å². The molecule has 27 heavy (non-hydrogen) atoms. The van der Waals surface area contributed by atoms with Crippen molar-refractivity contribution in [2.45, 2.75) is 64.2 Å². The molecular formula is C24H34O3. The average molecular weight is 371 g/mol. The second-order valence-corrected chi connectivity index (χ2v) is 8.31. The van der Waals surface area contributed by atoms with Crippen molar-refractivity contribution in [1.29, 1.82) is 0 Å². The molecule has 0 unspecified atom stereocenters. The van der Waals surface area contributed by atoms with Gasteiger partial charge in [0.2, 0.25) is 0 Å². The van der Waals surface area contributed by atoms with E-state index in [2.05, 4.69) is 12.2 Å². The summed E-state index contributed by atoms with van der Waals surface area (Å²) in [6, 6.07) is 10.1. The van der Waals surface area contributed by atoms with E-state index in [1.54, 1.807) is 0 Å². The zero-order valence-corrected chi connectivity index (χ0v) is 16.4. The number of para-hydroxylation sites is 1. The quantitative estimate of drug-likeness (QED) is 0.357. The lowest BCUT2D eigenvalue weighted by molar-refractivity contribution is -0.137. The first-order valence-electron chi connectivity index (χ1n) is 10.8. The molecule has 0 aromatic heterocycles. The number of carbonyl (C=O) groups is 1. The van der Waals surface area contributed by atoms with Gasteiger partial charge < -0.3 is 9.84 Å². The van der Waals surface area contributed by atoms with Crippen LogP contribution in [0, 0.1) is 23.7 Å². The van der Waals surface area contributed by atoms with Crippen molar-refractivity contribution in [3.05, 3.63) is 42.5 Å². The minimum atomic E-state index is -0.687. The Morgan fingerprint density at radius 3 is 2.59 bits per heavy atom. The zero-order valence-electron chi connectivity index (χ0n) is 16.4. The molecule has 2 aliphatic carbocycles. The van der Waals surface area contributed by atoms with Gasteiger partial charge in [-0.15, -0.1) is 0 Å². The van der Waals surface area contributed by atoms with E-state index in [9.17, 15) is 4.79 Å². The predicted molar refractivity (Wildman–Crippen MR) is 109 cm³/mol. The Morgan fingerprint density at radius 2 is 1.81 bits per heavy atom. The molecule has 1 aromatic rings. The van der Waals surface area contributed by atoms with Gasteiger partial charge >= 0.3 is 5.97 Å². The van der Waals surface area contributed by atoms with E-state index in [1.807, 2.05) is 30.3 Å². The van der Waals surface area contributed by atoms with E-state index in [4.69, 9.17) is 9.84 Å². The fraction of sp³-hybridized carbons (Fsp3) is 0.625. The summed E-state index contributed by atoms with van der Waals surface area (Å²) in [7, 11) is 0. The highest BCUT2D eigenvalue weighted by molar-refractivity contribution is 5.66. The summed E-state index contributed by atoms with van der Waals surface area (Å²) in [6.07, 6.45) is 15.7. The number of allylic oxidation sites excluding steroid dienone is 2. The van der Waals surface area contributed by atoms with E-state index in [1.165, 1.54) is 38.5 Å². The Bertz CT molecular complexity index is 595. The molecule has 0 heterocycles. The highest BCUT2D eigenvalue weighted by atomic mass is 16.5. The standard InChI is InChI=1S/C24H34O3/c25-24(26)14-7-2-1-6-12-22-19-15-16-20(18-19)23(22)13-8-9-17-27-21-10-4-3-5-11-21/h1,3-6,10-11,19-20,22-23H,2,7-9,12-18H2,(H,25,26)/b6-1-/t19-,20+,22-,23+/m0/s1. The molecule has 2 bridgehead atoms. The molecule has 2 fully saturated rings. The molecule has 3 rings (SSSR count). The lowest BCUT2D eigenvalue weighted by atomic mass is 9.75. The molecule has 0 amide bonds. The number of hydrogen-bond acceptors (Lipinski definition) is 2. The van der Waals surface area contributed by atoms with E-state index in [-0.39, 0.29) is 6.42 Å². The van der Waals surface area contributed by atoms with Gasteiger partial charge in [-0.3, -0.25) is 4.79 Å². The molecule has 0 saturated heterocycles. The fourth-order valence-corrected chi connectivity index (χ4v) is 5.28. The van der Waals surface area contributed by atoms with E-state index in [0.717, 1.165) is 55.3 Å². The van der Waals surface area contributed by atoms with Crippen LogP contribution in [-0.4, -0.2) is 17.7 Å². The van der Waals surface area contributed by atoms with E-state index >= 15 is 0 Å². The number of unbranched alkanes of at least 4 members (excludes halogenated alkanes) is 2. The molecule has 148 valence electrons. The van der Waals surface area contributed by atoms with Crippen molar-refractivity contribution in [3.63, 3.8) is 0 Å². The molecule has 3 nitrogen and oxygen atoms in total. The Hall–Kier alpha value is -1.77. The van der Waals surface area contributed by atoms with Gasteiger partial charge in [0, 0.05) is 6.42 Å².